The maximum Gasteiger partial charge on any atom is 0.253 e. The zero-order valence-electron chi connectivity index (χ0n) is 12.5. The fourth-order valence-electron chi connectivity index (χ4n) is 2.26. The second kappa shape index (κ2) is 6.46. The molecule has 0 saturated carbocycles. The van der Waals surface area contributed by atoms with Gasteiger partial charge < -0.3 is 4.90 Å². The van der Waals surface area contributed by atoms with E-state index in [0.29, 0.717) is 17.7 Å². The molecular formula is C17H14N4OS. The van der Waals surface area contributed by atoms with Crippen LogP contribution in [0.3, 0.4) is 0 Å². The Hall–Kier alpha value is -2.91. The zero-order chi connectivity index (χ0) is 16.2. The Morgan fingerprint density at radius 3 is 2.74 bits per heavy atom. The van der Waals surface area contributed by atoms with Crippen molar-refractivity contribution in [2.24, 2.45) is 0 Å². The zero-order valence-corrected chi connectivity index (χ0v) is 13.3. The first-order valence-corrected chi connectivity index (χ1v) is 7.87. The van der Waals surface area contributed by atoms with Crippen LogP contribution in [0.2, 0.25) is 0 Å². The Morgan fingerprint density at radius 1 is 1.35 bits per heavy atom. The maximum absolute atomic E-state index is 12.5. The van der Waals surface area contributed by atoms with Crippen molar-refractivity contribution in [1.29, 1.82) is 5.26 Å². The molecule has 0 aliphatic rings. The average Bonchev–Trinajstić information content (AvgIpc) is 3.26. The third-order valence-electron chi connectivity index (χ3n) is 3.49. The smallest absolute Gasteiger partial charge is 0.253 e. The van der Waals surface area contributed by atoms with E-state index in [4.69, 9.17) is 5.26 Å². The molecular weight excluding hydrogens is 308 g/mol. The van der Waals surface area contributed by atoms with Crippen LogP contribution in [0.15, 0.2) is 48.1 Å². The topological polar surface area (TPSA) is 72.8 Å². The summed E-state index contributed by atoms with van der Waals surface area (Å²) in [7, 11) is 1.76. The molecule has 0 saturated heterocycles. The monoisotopic (exact) mass is 322 g/mol. The van der Waals surface area contributed by atoms with Gasteiger partial charge in [-0.3, -0.25) is 9.89 Å². The second-order valence-corrected chi connectivity index (χ2v) is 6.13. The number of aromatic amines is 1. The largest absolute Gasteiger partial charge is 0.337 e. The van der Waals surface area contributed by atoms with Crippen LogP contribution in [0, 0.1) is 11.3 Å². The number of rotatable bonds is 4. The van der Waals surface area contributed by atoms with Crippen molar-refractivity contribution in [3.63, 3.8) is 0 Å². The van der Waals surface area contributed by atoms with Crippen LogP contribution in [-0.4, -0.2) is 28.1 Å². The minimum absolute atomic E-state index is 0.0457. The van der Waals surface area contributed by atoms with Crippen molar-refractivity contribution in [2.45, 2.75) is 6.54 Å². The number of nitriles is 1. The maximum atomic E-state index is 12.5. The van der Waals surface area contributed by atoms with Gasteiger partial charge in [-0.25, -0.2) is 0 Å². The van der Waals surface area contributed by atoms with Gasteiger partial charge in [0.1, 0.15) is 6.07 Å². The van der Waals surface area contributed by atoms with Gasteiger partial charge in [0, 0.05) is 34.6 Å². The van der Waals surface area contributed by atoms with Gasteiger partial charge >= 0.3 is 0 Å². The molecule has 2 heterocycles. The number of carbonyl (C=O) groups is 1. The van der Waals surface area contributed by atoms with Crippen molar-refractivity contribution in [3.05, 3.63) is 64.1 Å². The fourth-order valence-corrected chi connectivity index (χ4v) is 3.12. The molecule has 0 bridgehead atoms. The molecule has 3 rings (SSSR count). The summed E-state index contributed by atoms with van der Waals surface area (Å²) in [6, 6.07) is 11.4. The highest BCUT2D eigenvalue weighted by Crippen LogP contribution is 2.20. The summed E-state index contributed by atoms with van der Waals surface area (Å²) in [5.41, 5.74) is 3.27. The van der Waals surface area contributed by atoms with E-state index in [-0.39, 0.29) is 5.91 Å². The Kier molecular flexibility index (Phi) is 4.22. The SMILES string of the molecule is CN(Cc1cc(C#N)cs1)C(=O)c1ccc(-c2cn[nH]c2)cc1. The third kappa shape index (κ3) is 3.30. The highest BCUT2D eigenvalue weighted by atomic mass is 32.1. The van der Waals surface area contributed by atoms with Crippen LogP contribution >= 0.6 is 11.3 Å². The van der Waals surface area contributed by atoms with Gasteiger partial charge in [0.15, 0.2) is 0 Å². The predicted molar refractivity (Wildman–Crippen MR) is 88.9 cm³/mol. The minimum Gasteiger partial charge on any atom is -0.337 e. The molecule has 0 aliphatic heterocycles. The van der Waals surface area contributed by atoms with E-state index in [9.17, 15) is 4.79 Å². The summed E-state index contributed by atoms with van der Waals surface area (Å²) in [5.74, 6) is -0.0457. The van der Waals surface area contributed by atoms with Gasteiger partial charge in [0.2, 0.25) is 0 Å². The molecule has 6 heteroatoms. The molecule has 0 unspecified atom stereocenters. The van der Waals surface area contributed by atoms with Crippen LogP contribution in [-0.2, 0) is 6.54 Å². The summed E-state index contributed by atoms with van der Waals surface area (Å²) >= 11 is 1.49. The molecule has 2 aromatic heterocycles. The highest BCUT2D eigenvalue weighted by molar-refractivity contribution is 7.10. The lowest BCUT2D eigenvalue weighted by Gasteiger charge is -2.16. The lowest BCUT2D eigenvalue weighted by molar-refractivity contribution is 0.0786. The summed E-state index contributed by atoms with van der Waals surface area (Å²) < 4.78 is 0. The van der Waals surface area contributed by atoms with Gasteiger partial charge in [0.25, 0.3) is 5.91 Å². The Morgan fingerprint density at radius 2 is 2.13 bits per heavy atom. The number of hydrogen-bond acceptors (Lipinski definition) is 4. The summed E-state index contributed by atoms with van der Waals surface area (Å²) in [4.78, 5) is 15.1. The predicted octanol–water partition coefficient (Wildman–Crippen LogP) is 3.28. The second-order valence-electron chi connectivity index (χ2n) is 5.14. The Labute approximate surface area is 137 Å². The van der Waals surface area contributed by atoms with Crippen LogP contribution < -0.4 is 0 Å². The van der Waals surface area contributed by atoms with Crippen LogP contribution in [0.4, 0.5) is 0 Å². The minimum atomic E-state index is -0.0457. The number of nitrogens with one attached hydrogen (secondary N) is 1. The van der Waals surface area contributed by atoms with Crippen LogP contribution in [0.1, 0.15) is 20.8 Å². The molecule has 0 spiro atoms. The number of benzene rings is 1. The third-order valence-corrected chi connectivity index (χ3v) is 4.41. The fraction of sp³-hybridized carbons (Fsp3) is 0.118. The molecule has 1 N–H and O–H groups in total. The Balaban J connectivity index is 1.70. The molecule has 3 aromatic rings. The van der Waals surface area contributed by atoms with E-state index >= 15 is 0 Å². The van der Waals surface area contributed by atoms with E-state index in [0.717, 1.165) is 16.0 Å². The van der Waals surface area contributed by atoms with Crippen LogP contribution in [0.25, 0.3) is 11.1 Å². The Bertz CT molecular complexity index is 844. The molecule has 0 fully saturated rings. The number of thiophene rings is 1. The van der Waals surface area contributed by atoms with Gasteiger partial charge in [-0.1, -0.05) is 12.1 Å². The first-order chi connectivity index (χ1) is 11.2. The lowest BCUT2D eigenvalue weighted by atomic mass is 10.1. The quantitative estimate of drug-likeness (QED) is 0.801. The van der Waals surface area contributed by atoms with Crippen molar-refractivity contribution in [3.8, 4) is 17.2 Å². The first kappa shape index (κ1) is 15.0. The molecule has 0 aliphatic carbocycles. The molecule has 1 aromatic carbocycles. The lowest BCUT2D eigenvalue weighted by Crippen LogP contribution is -2.25. The standard InChI is InChI=1S/C17H14N4OS/c1-21(10-16-6-12(7-18)11-23-16)17(22)14-4-2-13(3-5-14)15-8-19-20-9-15/h2-6,8-9,11H,10H2,1H3,(H,19,20). The number of amides is 1. The summed E-state index contributed by atoms with van der Waals surface area (Å²) in [6.07, 6.45) is 3.55. The van der Waals surface area contributed by atoms with Crippen molar-refractivity contribution < 1.29 is 4.79 Å². The average molecular weight is 322 g/mol. The summed E-state index contributed by atoms with van der Waals surface area (Å²) in [6.45, 7) is 0.495. The number of nitrogens with zero attached hydrogens (tertiary/aromatic N) is 3. The number of hydrogen-bond donors (Lipinski definition) is 1. The first-order valence-electron chi connectivity index (χ1n) is 6.99. The van der Waals surface area contributed by atoms with E-state index in [1.807, 2.05) is 36.5 Å². The van der Waals surface area contributed by atoms with Crippen molar-refractivity contribution in [2.75, 3.05) is 7.05 Å². The number of H-pyrrole nitrogens is 1. The summed E-state index contributed by atoms with van der Waals surface area (Å²) in [5, 5.41) is 17.3. The molecule has 114 valence electrons. The van der Waals surface area contributed by atoms with Gasteiger partial charge in [0.05, 0.1) is 18.3 Å². The van der Waals surface area contributed by atoms with E-state index < -0.39 is 0 Å². The van der Waals surface area contributed by atoms with E-state index in [2.05, 4.69) is 16.3 Å². The van der Waals surface area contributed by atoms with Crippen LogP contribution in [0.5, 0.6) is 0 Å². The van der Waals surface area contributed by atoms with E-state index in [1.165, 1.54) is 11.3 Å². The van der Waals surface area contributed by atoms with Gasteiger partial charge in [-0.15, -0.1) is 11.3 Å². The normalized spacial score (nSPS) is 10.3. The highest BCUT2D eigenvalue weighted by Gasteiger charge is 2.13. The number of carbonyl (C=O) groups excluding carboxylic acids is 1. The molecule has 23 heavy (non-hydrogen) atoms. The molecule has 5 nitrogen and oxygen atoms in total. The van der Waals surface area contributed by atoms with Gasteiger partial charge in [-0.2, -0.15) is 10.4 Å². The number of aromatic nitrogens is 2. The van der Waals surface area contributed by atoms with E-state index in [1.54, 1.807) is 23.5 Å². The molecule has 0 atom stereocenters. The molecule has 1 amide bonds. The molecule has 0 radical (unpaired) electrons. The van der Waals surface area contributed by atoms with Crippen molar-refractivity contribution >= 4 is 17.2 Å². The van der Waals surface area contributed by atoms with Gasteiger partial charge in [-0.05, 0) is 23.8 Å². The van der Waals surface area contributed by atoms with Crippen molar-refractivity contribution in [1.82, 2.24) is 15.1 Å².